The first-order valence-corrected chi connectivity index (χ1v) is 8.92. The second-order valence-corrected chi connectivity index (χ2v) is 6.98. The SMILES string of the molecule is Fc1cc2c(cc1Br)nc(CCl)n2CCC1CCCCC1. The molecule has 1 saturated carbocycles. The minimum absolute atomic E-state index is 0.248. The van der Waals surface area contributed by atoms with Crippen LogP contribution in [-0.4, -0.2) is 9.55 Å². The van der Waals surface area contributed by atoms with Gasteiger partial charge < -0.3 is 4.57 Å². The summed E-state index contributed by atoms with van der Waals surface area (Å²) in [7, 11) is 0. The van der Waals surface area contributed by atoms with Crippen LogP contribution in [0.15, 0.2) is 16.6 Å². The van der Waals surface area contributed by atoms with E-state index in [1.807, 2.05) is 0 Å². The highest BCUT2D eigenvalue weighted by Gasteiger charge is 2.17. The van der Waals surface area contributed by atoms with E-state index >= 15 is 0 Å². The van der Waals surface area contributed by atoms with Crippen molar-refractivity contribution < 1.29 is 4.39 Å². The highest BCUT2D eigenvalue weighted by atomic mass is 79.9. The van der Waals surface area contributed by atoms with Crippen molar-refractivity contribution in [2.75, 3.05) is 0 Å². The normalized spacial score (nSPS) is 16.7. The van der Waals surface area contributed by atoms with Crippen molar-refractivity contribution in [3.05, 3.63) is 28.2 Å². The zero-order valence-electron chi connectivity index (χ0n) is 11.9. The lowest BCUT2D eigenvalue weighted by Crippen LogP contribution is -2.11. The second kappa shape index (κ2) is 6.66. The van der Waals surface area contributed by atoms with Gasteiger partial charge in [0.15, 0.2) is 0 Å². The first-order valence-electron chi connectivity index (χ1n) is 7.59. The van der Waals surface area contributed by atoms with Gasteiger partial charge in [-0.05, 0) is 34.3 Å². The molecule has 0 N–H and O–H groups in total. The van der Waals surface area contributed by atoms with Crippen LogP contribution in [0.25, 0.3) is 11.0 Å². The molecule has 0 atom stereocenters. The fraction of sp³-hybridized carbons (Fsp3) is 0.562. The molecule has 1 aliphatic carbocycles. The fourth-order valence-electron chi connectivity index (χ4n) is 3.31. The largest absolute Gasteiger partial charge is 0.327 e. The van der Waals surface area contributed by atoms with Gasteiger partial charge in [-0.1, -0.05) is 32.1 Å². The molecular weight excluding hydrogens is 355 g/mol. The molecule has 2 aromatic rings. The van der Waals surface area contributed by atoms with Crippen LogP contribution in [0.1, 0.15) is 44.3 Å². The molecule has 0 aliphatic heterocycles. The first kappa shape index (κ1) is 15.3. The molecular formula is C16H19BrClFN2. The van der Waals surface area contributed by atoms with Gasteiger partial charge >= 0.3 is 0 Å². The third-order valence-electron chi connectivity index (χ3n) is 4.47. The number of hydrogen-bond donors (Lipinski definition) is 0. The number of halogens is 3. The van der Waals surface area contributed by atoms with Crippen LogP contribution in [0.4, 0.5) is 4.39 Å². The molecule has 1 fully saturated rings. The molecule has 3 rings (SSSR count). The highest BCUT2D eigenvalue weighted by molar-refractivity contribution is 9.10. The number of benzene rings is 1. The number of hydrogen-bond acceptors (Lipinski definition) is 1. The molecule has 1 aromatic heterocycles. The average molecular weight is 374 g/mol. The molecule has 5 heteroatoms. The Morgan fingerprint density at radius 3 is 2.76 bits per heavy atom. The van der Waals surface area contributed by atoms with Crippen molar-refractivity contribution in [2.45, 2.75) is 50.9 Å². The van der Waals surface area contributed by atoms with Crippen LogP contribution in [0.3, 0.4) is 0 Å². The number of imidazole rings is 1. The van der Waals surface area contributed by atoms with Crippen molar-refractivity contribution in [1.82, 2.24) is 9.55 Å². The van der Waals surface area contributed by atoms with E-state index < -0.39 is 0 Å². The van der Waals surface area contributed by atoms with Gasteiger partial charge in [-0.25, -0.2) is 9.37 Å². The van der Waals surface area contributed by atoms with E-state index in [2.05, 4.69) is 25.5 Å². The van der Waals surface area contributed by atoms with E-state index in [0.29, 0.717) is 10.4 Å². The van der Waals surface area contributed by atoms with E-state index in [4.69, 9.17) is 11.6 Å². The summed E-state index contributed by atoms with van der Waals surface area (Å²) >= 11 is 9.23. The standard InChI is InChI=1S/C16H19BrClFN2/c17-12-8-14-15(9-13(12)19)21(16(10-18)20-14)7-6-11-4-2-1-3-5-11/h8-9,11H,1-7,10H2. The summed E-state index contributed by atoms with van der Waals surface area (Å²) in [6, 6.07) is 3.29. The Hall–Kier alpha value is -0.610. The monoisotopic (exact) mass is 372 g/mol. The van der Waals surface area contributed by atoms with Crippen LogP contribution < -0.4 is 0 Å². The van der Waals surface area contributed by atoms with E-state index in [1.54, 1.807) is 12.1 Å². The Balaban J connectivity index is 1.86. The van der Waals surface area contributed by atoms with Crippen LogP contribution in [0.2, 0.25) is 0 Å². The van der Waals surface area contributed by atoms with Gasteiger partial charge in [0.25, 0.3) is 0 Å². The molecule has 21 heavy (non-hydrogen) atoms. The Bertz CT molecular complexity index is 635. The fourth-order valence-corrected chi connectivity index (χ4v) is 3.84. The molecule has 0 unspecified atom stereocenters. The molecule has 1 aromatic carbocycles. The van der Waals surface area contributed by atoms with Crippen LogP contribution in [-0.2, 0) is 12.4 Å². The Kier molecular flexibility index (Phi) is 4.85. The van der Waals surface area contributed by atoms with E-state index in [0.717, 1.165) is 35.7 Å². The predicted molar refractivity (Wildman–Crippen MR) is 88.1 cm³/mol. The maximum absolute atomic E-state index is 13.8. The predicted octanol–water partition coefficient (Wildman–Crippen LogP) is 5.65. The third-order valence-corrected chi connectivity index (χ3v) is 5.32. The minimum atomic E-state index is -0.248. The van der Waals surface area contributed by atoms with Gasteiger partial charge in [0.2, 0.25) is 0 Å². The third kappa shape index (κ3) is 3.26. The molecule has 0 amide bonds. The average Bonchev–Trinajstić information content (AvgIpc) is 2.83. The number of aromatic nitrogens is 2. The Labute approximate surface area is 137 Å². The Morgan fingerprint density at radius 1 is 1.29 bits per heavy atom. The summed E-state index contributed by atoms with van der Waals surface area (Å²) in [5, 5.41) is 0. The van der Waals surface area contributed by atoms with Crippen LogP contribution in [0.5, 0.6) is 0 Å². The van der Waals surface area contributed by atoms with Gasteiger partial charge in [-0.15, -0.1) is 11.6 Å². The number of aryl methyl sites for hydroxylation is 1. The summed E-state index contributed by atoms with van der Waals surface area (Å²) < 4.78 is 16.4. The Morgan fingerprint density at radius 2 is 2.05 bits per heavy atom. The number of nitrogens with zero attached hydrogens (tertiary/aromatic N) is 2. The van der Waals surface area contributed by atoms with E-state index in [1.165, 1.54) is 32.1 Å². The van der Waals surface area contributed by atoms with Crippen molar-refractivity contribution in [3.8, 4) is 0 Å². The zero-order valence-corrected chi connectivity index (χ0v) is 14.3. The molecule has 0 saturated heterocycles. The first-order chi connectivity index (χ1) is 10.2. The molecule has 2 nitrogen and oxygen atoms in total. The smallest absolute Gasteiger partial charge is 0.139 e. The number of fused-ring (bicyclic) bond motifs is 1. The molecule has 0 radical (unpaired) electrons. The van der Waals surface area contributed by atoms with Crippen molar-refractivity contribution in [3.63, 3.8) is 0 Å². The molecule has 1 heterocycles. The second-order valence-electron chi connectivity index (χ2n) is 5.86. The van der Waals surface area contributed by atoms with Gasteiger partial charge in [0.05, 0.1) is 21.4 Å². The topological polar surface area (TPSA) is 17.8 Å². The molecule has 114 valence electrons. The molecule has 1 aliphatic rings. The maximum atomic E-state index is 13.8. The lowest BCUT2D eigenvalue weighted by Gasteiger charge is -2.22. The summed E-state index contributed by atoms with van der Waals surface area (Å²) in [5.74, 6) is 1.74. The van der Waals surface area contributed by atoms with Crippen molar-refractivity contribution >= 4 is 38.6 Å². The molecule has 0 spiro atoms. The van der Waals surface area contributed by atoms with Crippen LogP contribution in [0, 0.1) is 11.7 Å². The number of rotatable bonds is 4. The van der Waals surface area contributed by atoms with Gasteiger partial charge in [0, 0.05) is 12.6 Å². The minimum Gasteiger partial charge on any atom is -0.327 e. The lowest BCUT2D eigenvalue weighted by molar-refractivity contribution is 0.324. The number of alkyl halides is 1. The summed E-state index contributed by atoms with van der Waals surface area (Å²) in [4.78, 5) is 4.53. The van der Waals surface area contributed by atoms with Gasteiger partial charge in [-0.3, -0.25) is 0 Å². The highest BCUT2D eigenvalue weighted by Crippen LogP contribution is 2.29. The van der Waals surface area contributed by atoms with Gasteiger partial charge in [-0.2, -0.15) is 0 Å². The quantitative estimate of drug-likeness (QED) is 0.633. The summed E-state index contributed by atoms with van der Waals surface area (Å²) in [5.41, 5.74) is 1.66. The van der Waals surface area contributed by atoms with E-state index in [9.17, 15) is 4.39 Å². The van der Waals surface area contributed by atoms with E-state index in [-0.39, 0.29) is 5.82 Å². The zero-order chi connectivity index (χ0) is 14.8. The summed E-state index contributed by atoms with van der Waals surface area (Å²) in [6.45, 7) is 0.879. The maximum Gasteiger partial charge on any atom is 0.139 e. The van der Waals surface area contributed by atoms with Crippen LogP contribution >= 0.6 is 27.5 Å². The molecule has 0 bridgehead atoms. The van der Waals surface area contributed by atoms with Gasteiger partial charge in [0.1, 0.15) is 11.6 Å². The van der Waals surface area contributed by atoms with Crippen molar-refractivity contribution in [2.24, 2.45) is 5.92 Å². The van der Waals surface area contributed by atoms with Crippen molar-refractivity contribution in [1.29, 1.82) is 0 Å². The lowest BCUT2D eigenvalue weighted by atomic mass is 9.87. The summed E-state index contributed by atoms with van der Waals surface area (Å²) in [6.07, 6.45) is 7.84.